The third-order valence-corrected chi connectivity index (χ3v) is 8.90. The number of aliphatic hydroxyl groups is 2. The normalized spacial score (nSPS) is 33.4. The molecule has 1 saturated carbocycles. The standard InChI is InChI=1S/C21H21NO5Se/c23-16-9-13-18(22-16)17(11-6-7-14-15(8-11)27-10-26-14)19(24)20(25)21(13)28-12-4-2-1-3-5-12/h1-8,13,17-21,24-25H,9-10H2,(H,22,23)/t13-,17-,18+,19-,20+,21+/m0/s1. The van der Waals surface area contributed by atoms with E-state index >= 15 is 0 Å². The molecule has 2 fully saturated rings. The van der Waals surface area contributed by atoms with Crippen molar-refractivity contribution in [3.8, 4) is 11.5 Å². The summed E-state index contributed by atoms with van der Waals surface area (Å²) in [7, 11) is 0. The molecular weight excluding hydrogens is 425 g/mol. The van der Waals surface area contributed by atoms with Crippen molar-refractivity contribution in [1.29, 1.82) is 0 Å². The molecule has 0 bridgehead atoms. The minimum absolute atomic E-state index is 0.0125. The van der Waals surface area contributed by atoms with Crippen LogP contribution in [0.1, 0.15) is 17.9 Å². The van der Waals surface area contributed by atoms with Gasteiger partial charge in [-0.05, 0) is 0 Å². The van der Waals surface area contributed by atoms with Gasteiger partial charge >= 0.3 is 169 Å². The van der Waals surface area contributed by atoms with Gasteiger partial charge in [0.05, 0.1) is 0 Å². The van der Waals surface area contributed by atoms with Crippen LogP contribution in [0.3, 0.4) is 0 Å². The molecule has 0 spiro atoms. The molecule has 0 aromatic heterocycles. The van der Waals surface area contributed by atoms with Crippen LogP contribution in [0, 0.1) is 5.92 Å². The summed E-state index contributed by atoms with van der Waals surface area (Å²) in [5.41, 5.74) is 0.846. The number of aliphatic hydroxyl groups excluding tert-OH is 2. The maximum absolute atomic E-state index is 12.3. The molecule has 0 unspecified atom stereocenters. The predicted octanol–water partition coefficient (Wildman–Crippen LogP) is 0.557. The summed E-state index contributed by atoms with van der Waals surface area (Å²) in [4.78, 5) is 12.1. The SMILES string of the molecule is O=C1C[C@H]2[C@@H](N1)[C@H](c1ccc3c(c1)OCO3)[C@H](O)[C@@H](O)[C@@H]2[Se]c1ccccc1. The van der Waals surface area contributed by atoms with E-state index in [2.05, 4.69) is 5.32 Å². The summed E-state index contributed by atoms with van der Waals surface area (Å²) in [5, 5.41) is 25.2. The van der Waals surface area contributed by atoms with E-state index in [0.717, 1.165) is 10.0 Å². The van der Waals surface area contributed by atoms with Crippen LogP contribution in [0.4, 0.5) is 0 Å². The molecule has 0 radical (unpaired) electrons. The average Bonchev–Trinajstić information content (AvgIpc) is 3.32. The van der Waals surface area contributed by atoms with Gasteiger partial charge in [-0.3, -0.25) is 0 Å². The molecule has 2 heterocycles. The Balaban J connectivity index is 1.48. The number of benzene rings is 2. The molecular formula is C21H21NO5Se. The molecule has 3 N–H and O–H groups in total. The van der Waals surface area contributed by atoms with E-state index < -0.39 is 12.2 Å². The summed E-state index contributed by atoms with van der Waals surface area (Å²) >= 11 is -0.0449. The van der Waals surface area contributed by atoms with Crippen molar-refractivity contribution in [1.82, 2.24) is 5.32 Å². The van der Waals surface area contributed by atoms with Gasteiger partial charge in [0.1, 0.15) is 0 Å². The molecule has 6 nitrogen and oxygen atoms in total. The van der Waals surface area contributed by atoms with Crippen molar-refractivity contribution < 1.29 is 24.5 Å². The number of fused-ring (bicyclic) bond motifs is 2. The molecule has 146 valence electrons. The van der Waals surface area contributed by atoms with E-state index in [9.17, 15) is 15.0 Å². The molecule has 1 amide bonds. The topological polar surface area (TPSA) is 88.0 Å². The molecule has 1 aliphatic carbocycles. The van der Waals surface area contributed by atoms with Crippen molar-refractivity contribution >= 4 is 25.3 Å². The summed E-state index contributed by atoms with van der Waals surface area (Å²) in [5.74, 6) is 0.892. The minimum atomic E-state index is -0.962. The number of hydrogen-bond donors (Lipinski definition) is 3. The summed E-state index contributed by atoms with van der Waals surface area (Å²) < 4.78 is 12.0. The van der Waals surface area contributed by atoms with Gasteiger partial charge in [-0.1, -0.05) is 0 Å². The van der Waals surface area contributed by atoms with Crippen LogP contribution >= 0.6 is 0 Å². The van der Waals surface area contributed by atoms with Crippen LogP contribution in [0.2, 0.25) is 4.82 Å². The van der Waals surface area contributed by atoms with Crippen LogP contribution in [0.25, 0.3) is 0 Å². The van der Waals surface area contributed by atoms with E-state index in [4.69, 9.17) is 9.47 Å². The Morgan fingerprint density at radius 3 is 2.61 bits per heavy atom. The monoisotopic (exact) mass is 447 g/mol. The first-order chi connectivity index (χ1) is 13.6. The third-order valence-electron chi connectivity index (χ3n) is 5.87. The van der Waals surface area contributed by atoms with Crippen LogP contribution < -0.4 is 19.3 Å². The van der Waals surface area contributed by atoms with E-state index in [1.54, 1.807) is 0 Å². The fourth-order valence-electron chi connectivity index (χ4n) is 4.58. The van der Waals surface area contributed by atoms with Crippen molar-refractivity contribution in [2.75, 3.05) is 6.79 Å². The van der Waals surface area contributed by atoms with Crippen LogP contribution in [-0.2, 0) is 4.79 Å². The van der Waals surface area contributed by atoms with Crippen molar-refractivity contribution in [2.24, 2.45) is 5.92 Å². The third kappa shape index (κ3) is 2.99. The van der Waals surface area contributed by atoms with Gasteiger partial charge < -0.3 is 0 Å². The van der Waals surface area contributed by atoms with Crippen molar-refractivity contribution in [3.63, 3.8) is 0 Å². The van der Waals surface area contributed by atoms with Gasteiger partial charge in [0.2, 0.25) is 0 Å². The molecule has 2 aromatic carbocycles. The molecule has 5 rings (SSSR count). The first kappa shape index (κ1) is 18.0. The molecule has 3 aliphatic rings. The van der Waals surface area contributed by atoms with E-state index in [1.807, 2.05) is 48.5 Å². The van der Waals surface area contributed by atoms with Crippen LogP contribution in [0.5, 0.6) is 11.5 Å². The molecule has 6 atom stereocenters. The Bertz CT molecular complexity index is 892. The zero-order chi connectivity index (χ0) is 19.3. The average molecular weight is 446 g/mol. The van der Waals surface area contributed by atoms with Gasteiger partial charge in [0.25, 0.3) is 0 Å². The number of ether oxygens (including phenoxy) is 2. The van der Waals surface area contributed by atoms with Gasteiger partial charge in [0, 0.05) is 0 Å². The van der Waals surface area contributed by atoms with Crippen LogP contribution in [-0.4, -0.2) is 56.1 Å². The van der Waals surface area contributed by atoms with Gasteiger partial charge in [-0.2, -0.15) is 0 Å². The number of hydrogen-bond acceptors (Lipinski definition) is 5. The molecule has 2 aliphatic heterocycles. The second kappa shape index (κ2) is 7.08. The fraction of sp³-hybridized carbons (Fsp3) is 0.381. The Morgan fingerprint density at radius 2 is 1.79 bits per heavy atom. The summed E-state index contributed by atoms with van der Waals surface area (Å²) in [6.07, 6.45) is -1.46. The van der Waals surface area contributed by atoms with Crippen molar-refractivity contribution in [2.45, 2.75) is 35.4 Å². The van der Waals surface area contributed by atoms with Gasteiger partial charge in [-0.25, -0.2) is 0 Å². The van der Waals surface area contributed by atoms with Gasteiger partial charge in [0.15, 0.2) is 0 Å². The Labute approximate surface area is 169 Å². The predicted molar refractivity (Wildman–Crippen MR) is 103 cm³/mol. The number of rotatable bonds is 3. The number of carbonyl (C=O) groups excluding carboxylic acids is 1. The fourth-order valence-corrected chi connectivity index (χ4v) is 7.45. The molecule has 1 saturated heterocycles. The van der Waals surface area contributed by atoms with Crippen molar-refractivity contribution in [3.05, 3.63) is 54.1 Å². The Kier molecular flexibility index (Phi) is 4.56. The Morgan fingerprint density at radius 1 is 1.00 bits per heavy atom. The zero-order valence-electron chi connectivity index (χ0n) is 15.0. The second-order valence-electron chi connectivity index (χ2n) is 7.48. The van der Waals surface area contributed by atoms with Crippen LogP contribution in [0.15, 0.2) is 48.5 Å². The quantitative estimate of drug-likeness (QED) is 0.600. The molecule has 2 aromatic rings. The maximum atomic E-state index is 12.3. The van der Waals surface area contributed by atoms with E-state index in [-0.39, 0.29) is 50.4 Å². The first-order valence-corrected chi connectivity index (χ1v) is 11.2. The number of amides is 1. The molecule has 7 heteroatoms. The van der Waals surface area contributed by atoms with E-state index in [1.165, 1.54) is 0 Å². The first-order valence-electron chi connectivity index (χ1n) is 9.38. The van der Waals surface area contributed by atoms with Gasteiger partial charge in [-0.15, -0.1) is 0 Å². The van der Waals surface area contributed by atoms with E-state index in [0.29, 0.717) is 17.9 Å². The second-order valence-corrected chi connectivity index (χ2v) is 10.1. The summed E-state index contributed by atoms with van der Waals surface area (Å²) in [6, 6.07) is 15.4. The summed E-state index contributed by atoms with van der Waals surface area (Å²) in [6.45, 7) is 0.180. The Hall–Kier alpha value is -2.05. The zero-order valence-corrected chi connectivity index (χ0v) is 16.7. The molecule has 28 heavy (non-hydrogen) atoms. The number of carbonyl (C=O) groups is 1. The number of nitrogens with one attached hydrogen (secondary N) is 1.